The van der Waals surface area contributed by atoms with E-state index in [9.17, 15) is 4.79 Å². The maximum atomic E-state index is 12.1. The average molecular weight is 353 g/mol. The highest BCUT2D eigenvalue weighted by Crippen LogP contribution is 2.26. The van der Waals surface area contributed by atoms with E-state index in [4.69, 9.17) is 4.74 Å². The van der Waals surface area contributed by atoms with E-state index in [0.29, 0.717) is 19.5 Å². The first kappa shape index (κ1) is 18.3. The number of carbonyl (C=O) groups excluding carboxylic acids is 1. The van der Waals surface area contributed by atoms with E-state index >= 15 is 0 Å². The Morgan fingerprint density at radius 2 is 1.92 bits per heavy atom. The third-order valence-electron chi connectivity index (χ3n) is 4.50. The molecule has 1 saturated heterocycles. The van der Waals surface area contributed by atoms with Crippen LogP contribution >= 0.6 is 0 Å². The summed E-state index contributed by atoms with van der Waals surface area (Å²) in [5.41, 5.74) is 4.58. The van der Waals surface area contributed by atoms with Crippen LogP contribution in [0, 0.1) is 6.92 Å². The van der Waals surface area contributed by atoms with Crippen LogP contribution in [0.1, 0.15) is 17.5 Å². The van der Waals surface area contributed by atoms with E-state index in [0.717, 1.165) is 37.6 Å². The van der Waals surface area contributed by atoms with Crippen LogP contribution in [0.5, 0.6) is 0 Å². The largest absolute Gasteiger partial charge is 0.383 e. The number of benzene rings is 2. The predicted molar refractivity (Wildman–Crippen MR) is 106 cm³/mol. The van der Waals surface area contributed by atoms with Gasteiger partial charge in [-0.05, 0) is 24.6 Å². The minimum absolute atomic E-state index is 0.0582. The SMILES string of the molecule is Cc1cccc(CNC(=O)CCNc2ccccc2N2CCOCC2)c1. The lowest BCUT2D eigenvalue weighted by molar-refractivity contribution is -0.121. The molecular weight excluding hydrogens is 326 g/mol. The van der Waals surface area contributed by atoms with Crippen molar-refractivity contribution >= 4 is 17.3 Å². The fourth-order valence-electron chi connectivity index (χ4n) is 3.12. The zero-order valence-corrected chi connectivity index (χ0v) is 15.3. The summed E-state index contributed by atoms with van der Waals surface area (Å²) < 4.78 is 5.43. The van der Waals surface area contributed by atoms with Crippen molar-refractivity contribution in [3.63, 3.8) is 0 Å². The summed E-state index contributed by atoms with van der Waals surface area (Å²) in [6.45, 7) is 6.56. The van der Waals surface area contributed by atoms with Crippen molar-refractivity contribution in [2.45, 2.75) is 19.9 Å². The Morgan fingerprint density at radius 1 is 1.12 bits per heavy atom. The molecule has 5 heteroatoms. The van der Waals surface area contributed by atoms with Crippen molar-refractivity contribution in [2.24, 2.45) is 0 Å². The number of ether oxygens (including phenoxy) is 1. The molecule has 0 spiro atoms. The van der Waals surface area contributed by atoms with Crippen LogP contribution in [0.15, 0.2) is 48.5 Å². The highest BCUT2D eigenvalue weighted by Gasteiger charge is 2.14. The van der Waals surface area contributed by atoms with E-state index < -0.39 is 0 Å². The van der Waals surface area contributed by atoms with Crippen LogP contribution in [-0.4, -0.2) is 38.8 Å². The van der Waals surface area contributed by atoms with Crippen molar-refractivity contribution in [3.8, 4) is 0 Å². The Kier molecular flexibility index (Phi) is 6.50. The predicted octanol–water partition coefficient (Wildman–Crippen LogP) is 2.95. The fourth-order valence-corrected chi connectivity index (χ4v) is 3.12. The van der Waals surface area contributed by atoms with Gasteiger partial charge in [-0.1, -0.05) is 42.0 Å². The van der Waals surface area contributed by atoms with Crippen molar-refractivity contribution < 1.29 is 9.53 Å². The first-order valence-corrected chi connectivity index (χ1v) is 9.20. The monoisotopic (exact) mass is 353 g/mol. The van der Waals surface area contributed by atoms with Gasteiger partial charge < -0.3 is 20.3 Å². The summed E-state index contributed by atoms with van der Waals surface area (Å²) in [6, 6.07) is 16.4. The molecule has 1 amide bonds. The zero-order valence-electron chi connectivity index (χ0n) is 15.3. The van der Waals surface area contributed by atoms with Crippen molar-refractivity contribution in [3.05, 3.63) is 59.7 Å². The number of hydrogen-bond acceptors (Lipinski definition) is 4. The van der Waals surface area contributed by atoms with Crippen LogP contribution in [0.2, 0.25) is 0 Å². The second-order valence-electron chi connectivity index (χ2n) is 6.56. The van der Waals surface area contributed by atoms with Crippen molar-refractivity contribution in [1.29, 1.82) is 0 Å². The van der Waals surface area contributed by atoms with Crippen LogP contribution in [0.25, 0.3) is 0 Å². The van der Waals surface area contributed by atoms with E-state index in [1.807, 2.05) is 24.3 Å². The third kappa shape index (κ3) is 5.23. The minimum Gasteiger partial charge on any atom is -0.383 e. The van der Waals surface area contributed by atoms with Gasteiger partial charge in [0, 0.05) is 32.6 Å². The van der Waals surface area contributed by atoms with Gasteiger partial charge in [-0.3, -0.25) is 4.79 Å². The van der Waals surface area contributed by atoms with Gasteiger partial charge in [-0.2, -0.15) is 0 Å². The molecule has 26 heavy (non-hydrogen) atoms. The second kappa shape index (κ2) is 9.25. The van der Waals surface area contributed by atoms with Crippen LogP contribution in [0.3, 0.4) is 0 Å². The highest BCUT2D eigenvalue weighted by molar-refractivity contribution is 5.77. The fraction of sp³-hybridized carbons (Fsp3) is 0.381. The number of carbonyl (C=O) groups is 1. The van der Waals surface area contributed by atoms with Gasteiger partial charge in [0.05, 0.1) is 24.6 Å². The van der Waals surface area contributed by atoms with E-state index in [-0.39, 0.29) is 5.91 Å². The van der Waals surface area contributed by atoms with Gasteiger partial charge in [0.15, 0.2) is 0 Å². The molecule has 3 rings (SSSR count). The molecule has 0 saturated carbocycles. The first-order valence-electron chi connectivity index (χ1n) is 9.20. The first-order chi connectivity index (χ1) is 12.7. The summed E-state index contributed by atoms with van der Waals surface area (Å²) in [4.78, 5) is 14.4. The molecule has 0 radical (unpaired) electrons. The van der Waals surface area contributed by atoms with Crippen molar-refractivity contribution in [2.75, 3.05) is 43.1 Å². The number of nitrogens with one attached hydrogen (secondary N) is 2. The highest BCUT2D eigenvalue weighted by atomic mass is 16.5. The summed E-state index contributed by atoms with van der Waals surface area (Å²) in [6.07, 6.45) is 0.448. The molecule has 5 nitrogen and oxygen atoms in total. The molecular formula is C21H27N3O2. The van der Waals surface area contributed by atoms with Gasteiger partial charge in [0.25, 0.3) is 0 Å². The Hall–Kier alpha value is -2.53. The van der Waals surface area contributed by atoms with Gasteiger partial charge in [0.2, 0.25) is 5.91 Å². The van der Waals surface area contributed by atoms with Gasteiger partial charge >= 0.3 is 0 Å². The number of hydrogen-bond donors (Lipinski definition) is 2. The zero-order chi connectivity index (χ0) is 18.2. The number of rotatable bonds is 7. The van der Waals surface area contributed by atoms with E-state index in [1.54, 1.807) is 0 Å². The molecule has 1 aliphatic heterocycles. The molecule has 1 aliphatic rings. The topological polar surface area (TPSA) is 53.6 Å². The Bertz CT molecular complexity index is 727. The molecule has 1 fully saturated rings. The normalized spacial score (nSPS) is 14.1. The van der Waals surface area contributed by atoms with E-state index in [2.05, 4.69) is 46.7 Å². The molecule has 0 unspecified atom stereocenters. The maximum absolute atomic E-state index is 12.1. The molecule has 2 N–H and O–H groups in total. The number of amides is 1. The van der Waals surface area contributed by atoms with Gasteiger partial charge in [-0.15, -0.1) is 0 Å². The Balaban J connectivity index is 1.46. The summed E-state index contributed by atoms with van der Waals surface area (Å²) in [5, 5.41) is 6.39. The van der Waals surface area contributed by atoms with Crippen LogP contribution in [0.4, 0.5) is 11.4 Å². The lowest BCUT2D eigenvalue weighted by atomic mass is 10.1. The standard InChI is InChI=1S/C21H27N3O2/c1-17-5-4-6-18(15-17)16-23-21(25)9-10-22-19-7-2-3-8-20(19)24-11-13-26-14-12-24/h2-8,15,22H,9-14,16H2,1H3,(H,23,25). The molecule has 0 atom stereocenters. The van der Waals surface area contributed by atoms with Crippen molar-refractivity contribution in [1.82, 2.24) is 5.32 Å². The second-order valence-corrected chi connectivity index (χ2v) is 6.56. The Morgan fingerprint density at radius 3 is 2.73 bits per heavy atom. The number of aryl methyl sites for hydroxylation is 1. The Labute approximate surface area is 155 Å². The average Bonchev–Trinajstić information content (AvgIpc) is 2.67. The third-order valence-corrected chi connectivity index (χ3v) is 4.50. The number of morpholine rings is 1. The lowest BCUT2D eigenvalue weighted by Crippen LogP contribution is -2.36. The molecule has 0 aromatic heterocycles. The molecule has 138 valence electrons. The smallest absolute Gasteiger partial charge is 0.222 e. The van der Waals surface area contributed by atoms with Gasteiger partial charge in [0.1, 0.15) is 0 Å². The molecule has 0 aliphatic carbocycles. The lowest BCUT2D eigenvalue weighted by Gasteiger charge is -2.30. The number of nitrogens with zero attached hydrogens (tertiary/aromatic N) is 1. The summed E-state index contributed by atoms with van der Waals surface area (Å²) in [5.74, 6) is 0.0582. The molecule has 2 aromatic carbocycles. The molecule has 0 bridgehead atoms. The quantitative estimate of drug-likeness (QED) is 0.804. The van der Waals surface area contributed by atoms with Gasteiger partial charge in [-0.25, -0.2) is 0 Å². The summed E-state index contributed by atoms with van der Waals surface area (Å²) >= 11 is 0. The molecule has 2 aromatic rings. The molecule has 1 heterocycles. The maximum Gasteiger partial charge on any atom is 0.222 e. The minimum atomic E-state index is 0.0582. The number of anilines is 2. The summed E-state index contributed by atoms with van der Waals surface area (Å²) in [7, 11) is 0. The van der Waals surface area contributed by atoms with E-state index in [1.165, 1.54) is 11.3 Å². The van der Waals surface area contributed by atoms with Crippen LogP contribution < -0.4 is 15.5 Å². The number of para-hydroxylation sites is 2. The van der Waals surface area contributed by atoms with Crippen LogP contribution in [-0.2, 0) is 16.1 Å².